The molecule has 174 valence electrons. The van der Waals surface area contributed by atoms with Gasteiger partial charge in [-0.1, -0.05) is 11.2 Å². The van der Waals surface area contributed by atoms with Crippen molar-refractivity contribution in [3.63, 3.8) is 0 Å². The molecule has 8 heteroatoms. The Kier molecular flexibility index (Phi) is 8.55. The molecule has 0 radical (unpaired) electrons. The topological polar surface area (TPSA) is 63.5 Å². The van der Waals surface area contributed by atoms with Crippen LogP contribution in [0.4, 0.5) is 8.78 Å². The van der Waals surface area contributed by atoms with Crippen LogP contribution in [-0.4, -0.2) is 60.8 Å². The fraction of sp³-hybridized carbons (Fsp3) is 0.458. The van der Waals surface area contributed by atoms with E-state index >= 15 is 0 Å². The van der Waals surface area contributed by atoms with E-state index in [1.807, 2.05) is 43.0 Å². The van der Waals surface area contributed by atoms with Crippen molar-refractivity contribution in [3.8, 4) is 5.75 Å². The molecular formula is C24H30F2N2O4. The molecule has 2 aromatic rings. The molecule has 0 bridgehead atoms. The van der Waals surface area contributed by atoms with E-state index in [-0.39, 0.29) is 31.9 Å². The van der Waals surface area contributed by atoms with Crippen molar-refractivity contribution < 1.29 is 28.2 Å². The van der Waals surface area contributed by atoms with Crippen LogP contribution in [0.25, 0.3) is 0 Å². The van der Waals surface area contributed by atoms with Crippen molar-refractivity contribution in [2.45, 2.75) is 45.1 Å². The number of methoxy groups -OCH3 is 1. The maximum absolute atomic E-state index is 14.2. The second kappa shape index (κ2) is 11.4. The first-order chi connectivity index (χ1) is 15.3. The lowest BCUT2D eigenvalue weighted by Crippen LogP contribution is -2.39. The molecule has 1 heterocycles. The maximum Gasteiger partial charge on any atom is 0.145 e. The zero-order chi connectivity index (χ0) is 23.1. The lowest BCUT2D eigenvalue weighted by molar-refractivity contribution is -0.0196. The lowest BCUT2D eigenvalue weighted by atomic mass is 10.0. The number of aliphatic hydroxyl groups excluding tert-OH is 1. The summed E-state index contributed by atoms with van der Waals surface area (Å²) < 4.78 is 38.2. The predicted octanol–water partition coefficient (Wildman–Crippen LogP) is 3.75. The highest BCUT2D eigenvalue weighted by Crippen LogP contribution is 2.21. The van der Waals surface area contributed by atoms with Gasteiger partial charge in [-0.15, -0.1) is 0 Å². The van der Waals surface area contributed by atoms with E-state index in [2.05, 4.69) is 5.16 Å². The van der Waals surface area contributed by atoms with Crippen molar-refractivity contribution in [1.82, 2.24) is 4.90 Å². The van der Waals surface area contributed by atoms with Crippen molar-refractivity contribution in [2.24, 2.45) is 5.16 Å². The Morgan fingerprint density at radius 2 is 1.94 bits per heavy atom. The number of aliphatic hydroxyl groups is 1. The third-order valence-corrected chi connectivity index (χ3v) is 5.12. The van der Waals surface area contributed by atoms with Gasteiger partial charge in [0.15, 0.2) is 0 Å². The van der Waals surface area contributed by atoms with Gasteiger partial charge in [-0.2, -0.15) is 0 Å². The molecule has 1 aliphatic heterocycles. The number of halogens is 2. The summed E-state index contributed by atoms with van der Waals surface area (Å²) in [5, 5.41) is 14.6. The lowest BCUT2D eigenvalue weighted by Gasteiger charge is -2.27. The van der Waals surface area contributed by atoms with Gasteiger partial charge in [-0.3, -0.25) is 4.90 Å². The standard InChI is InChI=1S/C24H30F2N2O4/c1-16(2)31-15-20(29)13-28(12-18-4-7-19(25)10-23(18)26)14-22-11-24(27-32-22)17-5-8-21(30-3)9-6-17/h4-10,16,20,22,29H,11-15H2,1-3H3/t20-,22-/m1/s1. The highest BCUT2D eigenvalue weighted by atomic mass is 19.1. The predicted molar refractivity (Wildman–Crippen MR) is 118 cm³/mol. The molecule has 0 unspecified atom stereocenters. The molecule has 32 heavy (non-hydrogen) atoms. The van der Waals surface area contributed by atoms with Crippen LogP contribution in [0.3, 0.4) is 0 Å². The number of hydrogen-bond donors (Lipinski definition) is 1. The van der Waals surface area contributed by atoms with Gasteiger partial charge >= 0.3 is 0 Å². The molecule has 0 saturated heterocycles. The molecule has 0 aliphatic carbocycles. The smallest absolute Gasteiger partial charge is 0.145 e. The molecule has 3 rings (SSSR count). The highest BCUT2D eigenvalue weighted by molar-refractivity contribution is 6.01. The Hall–Kier alpha value is -2.55. The summed E-state index contributed by atoms with van der Waals surface area (Å²) in [7, 11) is 1.61. The summed E-state index contributed by atoms with van der Waals surface area (Å²) in [5.74, 6) is -0.486. The van der Waals surface area contributed by atoms with Crippen molar-refractivity contribution >= 4 is 5.71 Å². The van der Waals surface area contributed by atoms with Crippen LogP contribution in [0, 0.1) is 11.6 Å². The van der Waals surface area contributed by atoms with Crippen molar-refractivity contribution in [3.05, 3.63) is 65.2 Å². The monoisotopic (exact) mass is 448 g/mol. The van der Waals surface area contributed by atoms with Crippen molar-refractivity contribution in [2.75, 3.05) is 26.8 Å². The van der Waals surface area contributed by atoms with E-state index in [0.717, 1.165) is 23.1 Å². The van der Waals surface area contributed by atoms with E-state index in [4.69, 9.17) is 14.3 Å². The summed E-state index contributed by atoms with van der Waals surface area (Å²) in [6, 6.07) is 11.1. The number of ether oxygens (including phenoxy) is 2. The summed E-state index contributed by atoms with van der Waals surface area (Å²) in [5.41, 5.74) is 2.10. The van der Waals surface area contributed by atoms with Gasteiger partial charge in [-0.25, -0.2) is 8.78 Å². The highest BCUT2D eigenvalue weighted by Gasteiger charge is 2.26. The molecule has 2 atom stereocenters. The molecule has 1 aliphatic rings. The third kappa shape index (κ3) is 6.98. The molecule has 2 aromatic carbocycles. The molecule has 0 fully saturated rings. The Labute approximate surface area is 187 Å². The summed E-state index contributed by atoms with van der Waals surface area (Å²) in [6.45, 7) is 4.81. The average Bonchev–Trinajstić information content (AvgIpc) is 3.22. The molecule has 6 nitrogen and oxygen atoms in total. The molecule has 0 aromatic heterocycles. The Morgan fingerprint density at radius 3 is 2.59 bits per heavy atom. The van der Waals surface area contributed by atoms with Gasteiger partial charge < -0.3 is 19.4 Å². The van der Waals surface area contributed by atoms with E-state index < -0.39 is 17.7 Å². The summed E-state index contributed by atoms with van der Waals surface area (Å²) >= 11 is 0. The SMILES string of the molecule is COc1ccc(C2=NO[C@@H](CN(Cc3ccc(F)cc3F)C[C@@H](O)COC(C)C)C2)cc1. The van der Waals surface area contributed by atoms with Crippen molar-refractivity contribution in [1.29, 1.82) is 0 Å². The largest absolute Gasteiger partial charge is 0.497 e. The minimum absolute atomic E-state index is 0.00809. The minimum atomic E-state index is -0.760. The van der Waals surface area contributed by atoms with Crippen LogP contribution in [0.1, 0.15) is 31.4 Å². The Balaban J connectivity index is 1.64. The van der Waals surface area contributed by atoms with Gasteiger partial charge in [0, 0.05) is 37.7 Å². The van der Waals surface area contributed by atoms with Crippen LogP contribution in [0.2, 0.25) is 0 Å². The molecule has 0 spiro atoms. The molecule has 0 amide bonds. The number of benzene rings is 2. The Bertz CT molecular complexity index is 905. The first-order valence-corrected chi connectivity index (χ1v) is 10.7. The normalized spacial score (nSPS) is 16.9. The summed E-state index contributed by atoms with van der Waals surface area (Å²) in [6.07, 6.45) is -0.447. The quantitative estimate of drug-likeness (QED) is 0.567. The third-order valence-electron chi connectivity index (χ3n) is 5.12. The minimum Gasteiger partial charge on any atom is -0.497 e. The van der Waals surface area contributed by atoms with Gasteiger partial charge in [-0.05, 0) is 49.7 Å². The van der Waals surface area contributed by atoms with E-state index in [1.54, 1.807) is 7.11 Å². The number of hydrogen-bond acceptors (Lipinski definition) is 6. The zero-order valence-corrected chi connectivity index (χ0v) is 18.6. The molecule has 1 N–H and O–H groups in total. The van der Waals surface area contributed by atoms with Crippen LogP contribution in [0.15, 0.2) is 47.6 Å². The second-order valence-corrected chi connectivity index (χ2v) is 8.16. The van der Waals surface area contributed by atoms with Gasteiger partial charge in [0.05, 0.1) is 31.6 Å². The van der Waals surface area contributed by atoms with E-state index in [9.17, 15) is 13.9 Å². The zero-order valence-electron chi connectivity index (χ0n) is 18.6. The fourth-order valence-corrected chi connectivity index (χ4v) is 3.52. The second-order valence-electron chi connectivity index (χ2n) is 8.16. The van der Waals surface area contributed by atoms with E-state index in [0.29, 0.717) is 18.5 Å². The van der Waals surface area contributed by atoms with Gasteiger partial charge in [0.1, 0.15) is 23.5 Å². The van der Waals surface area contributed by atoms with E-state index in [1.165, 1.54) is 12.1 Å². The first kappa shape index (κ1) is 24.1. The fourth-order valence-electron chi connectivity index (χ4n) is 3.52. The summed E-state index contributed by atoms with van der Waals surface area (Å²) in [4.78, 5) is 7.50. The Morgan fingerprint density at radius 1 is 1.19 bits per heavy atom. The van der Waals surface area contributed by atoms with Gasteiger partial charge in [0.2, 0.25) is 0 Å². The molecule has 0 saturated carbocycles. The number of oxime groups is 1. The van der Waals surface area contributed by atoms with Crippen LogP contribution in [0.5, 0.6) is 5.75 Å². The maximum atomic E-state index is 14.2. The van der Waals surface area contributed by atoms with Gasteiger partial charge in [0.25, 0.3) is 0 Å². The van der Waals surface area contributed by atoms with Crippen LogP contribution >= 0.6 is 0 Å². The van der Waals surface area contributed by atoms with Crippen LogP contribution in [-0.2, 0) is 16.1 Å². The molecular weight excluding hydrogens is 418 g/mol. The number of rotatable bonds is 11. The average molecular weight is 449 g/mol. The van der Waals surface area contributed by atoms with Crippen LogP contribution < -0.4 is 4.74 Å². The number of nitrogens with zero attached hydrogens (tertiary/aromatic N) is 2. The first-order valence-electron chi connectivity index (χ1n) is 10.7.